The molecule has 0 bridgehead atoms. The quantitative estimate of drug-likeness (QED) is 0.628. The van der Waals surface area contributed by atoms with Crippen LogP contribution in [-0.4, -0.2) is 30.1 Å². The molecule has 1 aromatic heterocycles. The van der Waals surface area contributed by atoms with Gasteiger partial charge in [-0.25, -0.2) is 4.39 Å². The molecular weight excluding hydrogens is 441 g/mol. The predicted octanol–water partition coefficient (Wildman–Crippen LogP) is 3.72. The standard InChI is InChI=1S/C21H25BrFN3O3/c1-11-8-12(2)25-20(27)15(11)10-24-21(28)18-13(3)17(9-16(22)19(18)23)26-14-4-6-29-7-5-14/h8-9,14,26H,4-7,10H2,1-3H3,(H,24,28)(H,25,27). The number of anilines is 1. The van der Waals surface area contributed by atoms with Crippen LogP contribution in [0, 0.1) is 26.6 Å². The van der Waals surface area contributed by atoms with Crippen molar-refractivity contribution < 1.29 is 13.9 Å². The second kappa shape index (κ2) is 9.09. The highest BCUT2D eigenvalue weighted by molar-refractivity contribution is 9.10. The van der Waals surface area contributed by atoms with Crippen LogP contribution in [0.4, 0.5) is 10.1 Å². The molecule has 0 saturated carbocycles. The number of aryl methyl sites for hydroxylation is 2. The summed E-state index contributed by atoms with van der Waals surface area (Å²) in [5.41, 5.74) is 2.94. The van der Waals surface area contributed by atoms with Crippen molar-refractivity contribution in [1.29, 1.82) is 0 Å². The van der Waals surface area contributed by atoms with Crippen molar-refractivity contribution in [3.8, 4) is 0 Å². The maximum Gasteiger partial charge on any atom is 0.254 e. The van der Waals surface area contributed by atoms with E-state index in [0.29, 0.717) is 30.0 Å². The van der Waals surface area contributed by atoms with Gasteiger partial charge in [0.1, 0.15) is 0 Å². The molecule has 1 aromatic carbocycles. The summed E-state index contributed by atoms with van der Waals surface area (Å²) in [5, 5.41) is 6.09. The molecular formula is C21H25BrFN3O3. The summed E-state index contributed by atoms with van der Waals surface area (Å²) in [4.78, 5) is 27.7. The Morgan fingerprint density at radius 3 is 2.62 bits per heavy atom. The van der Waals surface area contributed by atoms with Crippen LogP contribution < -0.4 is 16.2 Å². The zero-order valence-electron chi connectivity index (χ0n) is 16.7. The molecule has 1 fully saturated rings. The van der Waals surface area contributed by atoms with Crippen LogP contribution in [-0.2, 0) is 11.3 Å². The minimum atomic E-state index is -0.618. The summed E-state index contributed by atoms with van der Waals surface area (Å²) in [6.45, 7) is 6.70. The predicted molar refractivity (Wildman–Crippen MR) is 114 cm³/mol. The highest BCUT2D eigenvalue weighted by atomic mass is 79.9. The number of nitrogens with one attached hydrogen (secondary N) is 3. The van der Waals surface area contributed by atoms with Crippen molar-refractivity contribution in [1.82, 2.24) is 10.3 Å². The van der Waals surface area contributed by atoms with Gasteiger partial charge in [-0.1, -0.05) is 0 Å². The smallest absolute Gasteiger partial charge is 0.254 e. The highest BCUT2D eigenvalue weighted by Crippen LogP contribution is 2.30. The van der Waals surface area contributed by atoms with E-state index in [9.17, 15) is 14.0 Å². The van der Waals surface area contributed by atoms with E-state index in [1.807, 2.05) is 13.0 Å². The highest BCUT2D eigenvalue weighted by Gasteiger charge is 2.23. The molecule has 6 nitrogen and oxygen atoms in total. The molecule has 2 aromatic rings. The van der Waals surface area contributed by atoms with Gasteiger partial charge in [-0.2, -0.15) is 0 Å². The minimum Gasteiger partial charge on any atom is -0.382 e. The number of aromatic nitrogens is 1. The van der Waals surface area contributed by atoms with E-state index in [-0.39, 0.29) is 28.2 Å². The summed E-state index contributed by atoms with van der Waals surface area (Å²) in [7, 11) is 0. The number of hydrogen-bond donors (Lipinski definition) is 3. The summed E-state index contributed by atoms with van der Waals surface area (Å²) in [6, 6.07) is 3.71. The summed E-state index contributed by atoms with van der Waals surface area (Å²) in [5.74, 6) is -1.18. The van der Waals surface area contributed by atoms with E-state index in [2.05, 4.69) is 31.5 Å². The second-order valence-corrected chi connectivity index (χ2v) is 8.23. The lowest BCUT2D eigenvalue weighted by molar-refractivity contribution is 0.0903. The van der Waals surface area contributed by atoms with Gasteiger partial charge < -0.3 is 20.4 Å². The van der Waals surface area contributed by atoms with Crippen molar-refractivity contribution in [2.24, 2.45) is 0 Å². The van der Waals surface area contributed by atoms with Gasteiger partial charge >= 0.3 is 0 Å². The molecule has 1 amide bonds. The van der Waals surface area contributed by atoms with E-state index < -0.39 is 11.7 Å². The lowest BCUT2D eigenvalue weighted by Gasteiger charge is -2.26. The normalized spacial score (nSPS) is 14.7. The lowest BCUT2D eigenvalue weighted by atomic mass is 10.0. The van der Waals surface area contributed by atoms with Crippen LogP contribution >= 0.6 is 15.9 Å². The fraction of sp³-hybridized carbons (Fsp3) is 0.429. The fourth-order valence-corrected chi connectivity index (χ4v) is 3.98. The maximum atomic E-state index is 14.8. The molecule has 156 valence electrons. The maximum absolute atomic E-state index is 14.8. The van der Waals surface area contributed by atoms with Gasteiger partial charge in [0, 0.05) is 42.7 Å². The Kier molecular flexibility index (Phi) is 6.74. The third-order valence-electron chi connectivity index (χ3n) is 5.21. The first kappa shape index (κ1) is 21.5. The number of rotatable bonds is 5. The van der Waals surface area contributed by atoms with E-state index in [0.717, 1.165) is 24.1 Å². The average molecular weight is 466 g/mol. The first-order valence-corrected chi connectivity index (χ1v) is 10.4. The Morgan fingerprint density at radius 2 is 1.97 bits per heavy atom. The molecule has 1 aliphatic heterocycles. The largest absolute Gasteiger partial charge is 0.382 e. The Balaban J connectivity index is 1.83. The van der Waals surface area contributed by atoms with Crippen molar-refractivity contribution in [3.05, 3.63) is 60.7 Å². The molecule has 29 heavy (non-hydrogen) atoms. The second-order valence-electron chi connectivity index (χ2n) is 7.38. The Bertz CT molecular complexity index is 984. The molecule has 3 rings (SSSR count). The number of amides is 1. The SMILES string of the molecule is Cc1cc(C)c(CNC(=O)c2c(C)c(NC3CCOCC3)cc(Br)c2F)c(=O)[nH]1. The zero-order valence-corrected chi connectivity index (χ0v) is 18.3. The summed E-state index contributed by atoms with van der Waals surface area (Å²) < 4.78 is 20.4. The molecule has 3 N–H and O–H groups in total. The van der Waals surface area contributed by atoms with Crippen LogP contribution in [0.2, 0.25) is 0 Å². The van der Waals surface area contributed by atoms with Gasteiger partial charge in [-0.3, -0.25) is 9.59 Å². The van der Waals surface area contributed by atoms with Crippen LogP contribution in [0.15, 0.2) is 21.4 Å². The van der Waals surface area contributed by atoms with Gasteiger partial charge in [-0.05, 0) is 72.8 Å². The number of H-pyrrole nitrogens is 1. The Morgan fingerprint density at radius 1 is 1.28 bits per heavy atom. The van der Waals surface area contributed by atoms with Gasteiger partial charge in [0.2, 0.25) is 0 Å². The molecule has 2 heterocycles. The number of ether oxygens (including phenoxy) is 1. The lowest BCUT2D eigenvalue weighted by Crippen LogP contribution is -2.30. The van der Waals surface area contributed by atoms with E-state index in [1.165, 1.54) is 0 Å². The monoisotopic (exact) mass is 465 g/mol. The van der Waals surface area contributed by atoms with Gasteiger partial charge in [0.15, 0.2) is 5.82 Å². The van der Waals surface area contributed by atoms with Crippen molar-refractivity contribution in [2.75, 3.05) is 18.5 Å². The number of carbonyl (C=O) groups excluding carboxylic acids is 1. The molecule has 0 unspecified atom stereocenters. The van der Waals surface area contributed by atoms with Crippen molar-refractivity contribution in [3.63, 3.8) is 0 Å². The number of halogens is 2. The van der Waals surface area contributed by atoms with Gasteiger partial charge in [0.25, 0.3) is 11.5 Å². The Hall–Kier alpha value is -2.19. The van der Waals surface area contributed by atoms with Crippen LogP contribution in [0.5, 0.6) is 0 Å². The third-order valence-corrected chi connectivity index (χ3v) is 5.78. The van der Waals surface area contributed by atoms with Crippen molar-refractivity contribution in [2.45, 2.75) is 46.2 Å². The summed E-state index contributed by atoms with van der Waals surface area (Å²) >= 11 is 3.22. The molecule has 0 atom stereocenters. The van der Waals surface area contributed by atoms with Crippen LogP contribution in [0.3, 0.4) is 0 Å². The molecule has 0 radical (unpaired) electrons. The molecule has 1 aliphatic rings. The minimum absolute atomic E-state index is 0.0222. The van der Waals surface area contributed by atoms with Gasteiger partial charge in [-0.15, -0.1) is 0 Å². The van der Waals surface area contributed by atoms with E-state index in [1.54, 1.807) is 19.9 Å². The first-order chi connectivity index (χ1) is 13.8. The van der Waals surface area contributed by atoms with Gasteiger partial charge in [0.05, 0.1) is 10.0 Å². The van der Waals surface area contributed by atoms with Crippen LogP contribution in [0.25, 0.3) is 0 Å². The number of pyridine rings is 1. The fourth-order valence-electron chi connectivity index (χ4n) is 3.56. The van der Waals surface area contributed by atoms with Crippen molar-refractivity contribution >= 4 is 27.5 Å². The molecule has 0 aliphatic carbocycles. The average Bonchev–Trinajstić information content (AvgIpc) is 2.66. The van der Waals surface area contributed by atoms with E-state index >= 15 is 0 Å². The number of hydrogen-bond acceptors (Lipinski definition) is 4. The Labute approximate surface area is 177 Å². The van der Waals surface area contributed by atoms with E-state index in [4.69, 9.17) is 4.74 Å². The topological polar surface area (TPSA) is 83.2 Å². The number of benzene rings is 1. The molecule has 8 heteroatoms. The summed E-state index contributed by atoms with van der Waals surface area (Å²) in [6.07, 6.45) is 1.71. The number of carbonyl (C=O) groups is 1. The molecule has 1 saturated heterocycles. The third kappa shape index (κ3) is 4.87. The molecule has 0 spiro atoms. The first-order valence-electron chi connectivity index (χ1n) is 9.58. The zero-order chi connectivity index (χ0) is 21.1. The number of aromatic amines is 1. The van der Waals surface area contributed by atoms with Crippen LogP contribution in [0.1, 0.15) is 45.6 Å².